The van der Waals surface area contributed by atoms with Crippen LogP contribution in [0.2, 0.25) is 0 Å². The molecule has 0 aliphatic rings. The number of fused-ring (bicyclic) bond motifs is 1. The summed E-state index contributed by atoms with van der Waals surface area (Å²) < 4.78 is 25.8. The Morgan fingerprint density at radius 3 is 2.41 bits per heavy atom. The van der Waals surface area contributed by atoms with Crippen LogP contribution in [-0.4, -0.2) is 13.0 Å². The first-order chi connectivity index (χ1) is 8.22. The number of alkyl halides is 2. The van der Waals surface area contributed by atoms with Crippen LogP contribution in [0.5, 0.6) is 0 Å². The average molecular weight is 235 g/mol. The van der Waals surface area contributed by atoms with E-state index in [-0.39, 0.29) is 0 Å². The zero-order valence-corrected chi connectivity index (χ0v) is 9.66. The second kappa shape index (κ2) is 5.23. The van der Waals surface area contributed by atoms with E-state index >= 15 is 0 Å². The molecule has 2 aromatic rings. The number of benzene rings is 2. The van der Waals surface area contributed by atoms with E-state index in [1.54, 1.807) is 6.07 Å². The number of hydrogen-bond donors (Lipinski definition) is 1. The molecule has 0 heterocycles. The molecule has 0 saturated carbocycles. The summed E-state index contributed by atoms with van der Waals surface area (Å²) in [6.45, 7) is 2.36. The summed E-state index contributed by atoms with van der Waals surface area (Å²) in [4.78, 5) is 0. The Morgan fingerprint density at radius 2 is 1.76 bits per heavy atom. The lowest BCUT2D eigenvalue weighted by molar-refractivity contribution is 0.0993. The third kappa shape index (κ3) is 2.61. The lowest BCUT2D eigenvalue weighted by atomic mass is 10.0. The molecule has 0 amide bonds. The molecule has 0 aromatic heterocycles. The Labute approximate surface area is 99.5 Å². The molecule has 1 nitrogen and oxygen atoms in total. The number of nitrogens with one attached hydrogen (secondary N) is 1. The first kappa shape index (κ1) is 12.0. The topological polar surface area (TPSA) is 12.0 Å². The van der Waals surface area contributed by atoms with Gasteiger partial charge in [-0.2, -0.15) is 0 Å². The van der Waals surface area contributed by atoms with Crippen molar-refractivity contribution in [3.63, 3.8) is 0 Å². The van der Waals surface area contributed by atoms with Gasteiger partial charge in [0.05, 0.1) is 6.04 Å². The van der Waals surface area contributed by atoms with Crippen LogP contribution in [0, 0.1) is 0 Å². The van der Waals surface area contributed by atoms with Gasteiger partial charge in [-0.05, 0) is 28.9 Å². The lowest BCUT2D eigenvalue weighted by Crippen LogP contribution is -2.26. The normalized spacial score (nSPS) is 13.2. The van der Waals surface area contributed by atoms with Gasteiger partial charge < -0.3 is 5.32 Å². The van der Waals surface area contributed by atoms with E-state index in [1.807, 2.05) is 43.3 Å². The van der Waals surface area contributed by atoms with E-state index in [1.165, 1.54) is 0 Å². The zero-order chi connectivity index (χ0) is 12.3. The third-order valence-electron chi connectivity index (χ3n) is 2.81. The molecule has 0 fully saturated rings. The second-order valence-corrected chi connectivity index (χ2v) is 3.98. The molecule has 2 aromatic carbocycles. The van der Waals surface area contributed by atoms with Gasteiger partial charge in [0.15, 0.2) is 0 Å². The van der Waals surface area contributed by atoms with E-state index in [2.05, 4.69) is 5.32 Å². The molecule has 90 valence electrons. The summed E-state index contributed by atoms with van der Waals surface area (Å²) in [6, 6.07) is 12.4. The van der Waals surface area contributed by atoms with Crippen LogP contribution >= 0.6 is 0 Å². The van der Waals surface area contributed by atoms with Gasteiger partial charge >= 0.3 is 0 Å². The molecule has 0 saturated heterocycles. The first-order valence-corrected chi connectivity index (χ1v) is 5.72. The van der Waals surface area contributed by atoms with E-state index in [9.17, 15) is 8.78 Å². The molecule has 1 N–H and O–H groups in total. The Kier molecular flexibility index (Phi) is 3.69. The minimum atomic E-state index is -2.39. The van der Waals surface area contributed by atoms with Crippen LogP contribution in [0.3, 0.4) is 0 Å². The van der Waals surface area contributed by atoms with Gasteiger partial charge in [-0.3, -0.25) is 0 Å². The van der Waals surface area contributed by atoms with Gasteiger partial charge in [0.1, 0.15) is 0 Å². The highest BCUT2D eigenvalue weighted by atomic mass is 19.3. The molecule has 0 aliphatic carbocycles. The van der Waals surface area contributed by atoms with Crippen molar-refractivity contribution in [1.29, 1.82) is 0 Å². The fourth-order valence-corrected chi connectivity index (χ4v) is 1.97. The van der Waals surface area contributed by atoms with E-state index < -0.39 is 12.5 Å². The van der Waals surface area contributed by atoms with E-state index in [4.69, 9.17) is 0 Å². The number of halogens is 2. The summed E-state index contributed by atoms with van der Waals surface area (Å²) in [5, 5.41) is 4.88. The molecular formula is C14H15F2N. The monoisotopic (exact) mass is 235 g/mol. The highest BCUT2D eigenvalue weighted by Gasteiger charge is 2.21. The van der Waals surface area contributed by atoms with Crippen molar-refractivity contribution in [2.75, 3.05) is 6.54 Å². The van der Waals surface area contributed by atoms with Gasteiger partial charge in [-0.25, -0.2) is 8.78 Å². The Hall–Kier alpha value is -1.48. The molecule has 1 unspecified atom stereocenters. The van der Waals surface area contributed by atoms with Crippen LogP contribution in [0.1, 0.15) is 18.5 Å². The smallest absolute Gasteiger partial charge is 0.257 e. The fourth-order valence-electron chi connectivity index (χ4n) is 1.97. The summed E-state index contributed by atoms with van der Waals surface area (Å²) in [7, 11) is 0. The zero-order valence-electron chi connectivity index (χ0n) is 9.66. The number of hydrogen-bond acceptors (Lipinski definition) is 1. The van der Waals surface area contributed by atoms with Gasteiger partial charge in [-0.1, -0.05) is 43.3 Å². The maximum absolute atomic E-state index is 12.9. The average Bonchev–Trinajstić information content (AvgIpc) is 2.35. The molecule has 0 bridgehead atoms. The Morgan fingerprint density at radius 1 is 1.06 bits per heavy atom. The highest BCUT2D eigenvalue weighted by molar-refractivity contribution is 5.83. The predicted molar refractivity (Wildman–Crippen MR) is 66.4 cm³/mol. The van der Waals surface area contributed by atoms with Gasteiger partial charge in [0.25, 0.3) is 6.43 Å². The van der Waals surface area contributed by atoms with Crippen LogP contribution in [0.15, 0.2) is 42.5 Å². The maximum atomic E-state index is 12.9. The molecule has 2 rings (SSSR count). The van der Waals surface area contributed by atoms with Crippen molar-refractivity contribution in [3.8, 4) is 0 Å². The summed E-state index contributed by atoms with van der Waals surface area (Å²) in [6.07, 6.45) is -2.39. The van der Waals surface area contributed by atoms with Crippen molar-refractivity contribution >= 4 is 10.8 Å². The Bertz CT molecular complexity index is 496. The molecule has 0 aliphatic heterocycles. The maximum Gasteiger partial charge on any atom is 0.257 e. The molecule has 1 atom stereocenters. The van der Waals surface area contributed by atoms with Crippen molar-refractivity contribution in [2.45, 2.75) is 19.4 Å². The molecular weight excluding hydrogens is 220 g/mol. The largest absolute Gasteiger partial charge is 0.306 e. The summed E-state index contributed by atoms with van der Waals surface area (Å²) in [5.41, 5.74) is 0.639. The second-order valence-electron chi connectivity index (χ2n) is 3.98. The van der Waals surface area contributed by atoms with Crippen LogP contribution < -0.4 is 5.32 Å². The minimum Gasteiger partial charge on any atom is -0.306 e. The van der Waals surface area contributed by atoms with Crippen molar-refractivity contribution in [1.82, 2.24) is 5.32 Å². The fraction of sp³-hybridized carbons (Fsp3) is 0.286. The van der Waals surface area contributed by atoms with Crippen molar-refractivity contribution in [3.05, 3.63) is 48.0 Å². The van der Waals surface area contributed by atoms with E-state index in [0.29, 0.717) is 12.1 Å². The molecule has 17 heavy (non-hydrogen) atoms. The summed E-state index contributed by atoms with van der Waals surface area (Å²) >= 11 is 0. The highest BCUT2D eigenvalue weighted by Crippen LogP contribution is 2.24. The van der Waals surface area contributed by atoms with Crippen molar-refractivity contribution in [2.24, 2.45) is 0 Å². The lowest BCUT2D eigenvalue weighted by Gasteiger charge is -2.17. The SMILES string of the molecule is CCNC(c1ccc2ccccc2c1)C(F)F. The standard InChI is InChI=1S/C14H15F2N/c1-2-17-13(14(15)16)12-8-7-10-5-3-4-6-11(10)9-12/h3-9,13-14,17H,2H2,1H3. The van der Waals surface area contributed by atoms with Gasteiger partial charge in [-0.15, -0.1) is 0 Å². The molecule has 0 spiro atoms. The third-order valence-corrected chi connectivity index (χ3v) is 2.81. The van der Waals surface area contributed by atoms with E-state index in [0.717, 1.165) is 10.8 Å². The summed E-state index contributed by atoms with van der Waals surface area (Å²) in [5.74, 6) is 0. The van der Waals surface area contributed by atoms with Crippen LogP contribution in [0.4, 0.5) is 8.78 Å². The molecule has 0 radical (unpaired) electrons. The quantitative estimate of drug-likeness (QED) is 0.850. The van der Waals surface area contributed by atoms with Crippen LogP contribution in [0.25, 0.3) is 10.8 Å². The van der Waals surface area contributed by atoms with Crippen LogP contribution in [-0.2, 0) is 0 Å². The Balaban J connectivity index is 2.40. The minimum absolute atomic E-state index is 0.530. The first-order valence-electron chi connectivity index (χ1n) is 5.72. The molecule has 3 heteroatoms. The number of rotatable bonds is 4. The van der Waals surface area contributed by atoms with Crippen molar-refractivity contribution < 1.29 is 8.78 Å². The predicted octanol–water partition coefficient (Wildman–Crippen LogP) is 3.76. The van der Waals surface area contributed by atoms with Gasteiger partial charge in [0, 0.05) is 0 Å². The van der Waals surface area contributed by atoms with Gasteiger partial charge in [0.2, 0.25) is 0 Å².